The molecule has 17 heavy (non-hydrogen) atoms. The van der Waals surface area contributed by atoms with Crippen molar-refractivity contribution in [2.75, 3.05) is 5.73 Å². The second kappa shape index (κ2) is 4.69. The van der Waals surface area contributed by atoms with Crippen molar-refractivity contribution in [1.82, 2.24) is 10.5 Å². The van der Waals surface area contributed by atoms with Crippen LogP contribution in [-0.2, 0) is 6.54 Å². The first-order valence-electron chi connectivity index (χ1n) is 5.20. The summed E-state index contributed by atoms with van der Waals surface area (Å²) in [5.41, 5.74) is 8.42. The number of nitrogens with one attached hydrogen (secondary N) is 1. The zero-order valence-electron chi connectivity index (χ0n) is 9.43. The summed E-state index contributed by atoms with van der Waals surface area (Å²) >= 11 is 0. The first kappa shape index (κ1) is 11.2. The van der Waals surface area contributed by atoms with Gasteiger partial charge in [0.15, 0.2) is 0 Å². The summed E-state index contributed by atoms with van der Waals surface area (Å²) in [6.45, 7) is 2.19. The molecule has 3 N–H and O–H groups in total. The van der Waals surface area contributed by atoms with E-state index in [4.69, 9.17) is 5.73 Å². The molecule has 2 rings (SSSR count). The fourth-order valence-corrected chi connectivity index (χ4v) is 1.54. The van der Waals surface area contributed by atoms with Gasteiger partial charge in [-0.3, -0.25) is 4.79 Å². The average Bonchev–Trinajstić information content (AvgIpc) is 2.78. The summed E-state index contributed by atoms with van der Waals surface area (Å²) in [5, 5.41) is 6.47. The largest absolute Gasteiger partial charge is 0.399 e. The molecule has 5 heteroatoms. The molecule has 1 heterocycles. The number of nitrogens with two attached hydrogens (primary N) is 1. The molecular weight excluding hydrogens is 218 g/mol. The molecule has 0 fully saturated rings. The van der Waals surface area contributed by atoms with Crippen LogP contribution in [0.2, 0.25) is 0 Å². The van der Waals surface area contributed by atoms with E-state index in [-0.39, 0.29) is 5.91 Å². The molecule has 1 aromatic heterocycles. The van der Waals surface area contributed by atoms with Gasteiger partial charge in [0.05, 0.1) is 6.54 Å². The molecule has 1 amide bonds. The third kappa shape index (κ3) is 2.63. The van der Waals surface area contributed by atoms with Crippen LogP contribution < -0.4 is 11.1 Å². The van der Waals surface area contributed by atoms with Crippen LogP contribution in [0.3, 0.4) is 0 Å². The number of anilines is 1. The number of carbonyl (C=O) groups excluding carboxylic acids is 1. The van der Waals surface area contributed by atoms with Crippen molar-refractivity contribution >= 4 is 11.6 Å². The highest BCUT2D eigenvalue weighted by Crippen LogP contribution is 2.12. The maximum Gasteiger partial charge on any atom is 0.251 e. The van der Waals surface area contributed by atoms with Gasteiger partial charge in [0, 0.05) is 17.3 Å². The standard InChI is InChI=1S/C12H13N3O2/c1-8-6-9(13)2-3-11(8)12(16)14-7-10-4-5-17-15-10/h2-6H,7,13H2,1H3,(H,14,16). The van der Waals surface area contributed by atoms with E-state index < -0.39 is 0 Å². The zero-order chi connectivity index (χ0) is 12.3. The van der Waals surface area contributed by atoms with E-state index in [1.54, 1.807) is 24.3 Å². The van der Waals surface area contributed by atoms with Gasteiger partial charge in [-0.1, -0.05) is 5.16 Å². The first-order valence-corrected chi connectivity index (χ1v) is 5.20. The molecule has 0 aliphatic rings. The molecule has 0 spiro atoms. The third-order valence-electron chi connectivity index (χ3n) is 2.42. The Morgan fingerprint density at radius 2 is 2.29 bits per heavy atom. The number of carbonyl (C=O) groups is 1. The van der Waals surface area contributed by atoms with E-state index in [1.807, 2.05) is 6.92 Å². The molecule has 0 saturated heterocycles. The maximum absolute atomic E-state index is 11.9. The fourth-order valence-electron chi connectivity index (χ4n) is 1.54. The van der Waals surface area contributed by atoms with Crippen molar-refractivity contribution in [3.05, 3.63) is 47.3 Å². The number of hydrogen-bond donors (Lipinski definition) is 2. The highest BCUT2D eigenvalue weighted by Gasteiger charge is 2.09. The molecule has 88 valence electrons. The van der Waals surface area contributed by atoms with Gasteiger partial charge in [-0.25, -0.2) is 0 Å². The van der Waals surface area contributed by atoms with E-state index >= 15 is 0 Å². The van der Waals surface area contributed by atoms with E-state index in [9.17, 15) is 4.79 Å². The normalized spacial score (nSPS) is 10.2. The minimum atomic E-state index is -0.148. The molecule has 0 bridgehead atoms. The number of nitrogen functional groups attached to an aromatic ring is 1. The molecule has 0 atom stereocenters. The lowest BCUT2D eigenvalue weighted by atomic mass is 10.1. The van der Waals surface area contributed by atoms with Gasteiger partial charge < -0.3 is 15.6 Å². The lowest BCUT2D eigenvalue weighted by molar-refractivity contribution is 0.0949. The van der Waals surface area contributed by atoms with Gasteiger partial charge in [-0.15, -0.1) is 0 Å². The van der Waals surface area contributed by atoms with Gasteiger partial charge in [0.2, 0.25) is 0 Å². The average molecular weight is 231 g/mol. The molecule has 0 radical (unpaired) electrons. The van der Waals surface area contributed by atoms with Crippen LogP contribution in [0.1, 0.15) is 21.6 Å². The summed E-state index contributed by atoms with van der Waals surface area (Å²) in [5.74, 6) is -0.148. The lowest BCUT2D eigenvalue weighted by Crippen LogP contribution is -2.23. The van der Waals surface area contributed by atoms with Crippen molar-refractivity contribution < 1.29 is 9.32 Å². The van der Waals surface area contributed by atoms with Gasteiger partial charge >= 0.3 is 0 Å². The number of aryl methyl sites for hydroxylation is 1. The molecule has 5 nitrogen and oxygen atoms in total. The van der Waals surface area contributed by atoms with Crippen LogP contribution in [0, 0.1) is 6.92 Å². The summed E-state index contributed by atoms with van der Waals surface area (Å²) in [6.07, 6.45) is 1.47. The number of amides is 1. The molecule has 0 aliphatic heterocycles. The lowest BCUT2D eigenvalue weighted by Gasteiger charge is -2.06. The molecule has 0 aliphatic carbocycles. The minimum absolute atomic E-state index is 0.148. The quantitative estimate of drug-likeness (QED) is 0.784. The van der Waals surface area contributed by atoms with Gasteiger partial charge in [-0.2, -0.15) is 0 Å². The Labute approximate surface area is 98.6 Å². The molecule has 0 saturated carbocycles. The summed E-state index contributed by atoms with van der Waals surface area (Å²) < 4.78 is 4.67. The number of rotatable bonds is 3. The second-order valence-corrected chi connectivity index (χ2v) is 3.75. The van der Waals surface area contributed by atoms with Crippen molar-refractivity contribution in [1.29, 1.82) is 0 Å². The highest BCUT2D eigenvalue weighted by molar-refractivity contribution is 5.95. The van der Waals surface area contributed by atoms with E-state index in [0.717, 1.165) is 5.56 Å². The Morgan fingerprint density at radius 1 is 1.47 bits per heavy atom. The molecule has 0 unspecified atom stereocenters. The Bertz CT molecular complexity index is 521. The Balaban J connectivity index is 2.04. The Kier molecular flexibility index (Phi) is 3.09. The summed E-state index contributed by atoms with van der Waals surface area (Å²) in [6, 6.07) is 6.89. The summed E-state index contributed by atoms with van der Waals surface area (Å²) in [4.78, 5) is 11.9. The van der Waals surface area contributed by atoms with Crippen LogP contribution in [0.25, 0.3) is 0 Å². The number of nitrogens with zero attached hydrogens (tertiary/aromatic N) is 1. The van der Waals surface area contributed by atoms with Crippen molar-refractivity contribution in [3.8, 4) is 0 Å². The Morgan fingerprint density at radius 3 is 2.94 bits per heavy atom. The second-order valence-electron chi connectivity index (χ2n) is 3.75. The maximum atomic E-state index is 11.9. The van der Waals surface area contributed by atoms with Crippen LogP contribution in [0.5, 0.6) is 0 Å². The SMILES string of the molecule is Cc1cc(N)ccc1C(=O)NCc1ccon1. The monoisotopic (exact) mass is 231 g/mol. The van der Waals surface area contributed by atoms with Crippen LogP contribution in [-0.4, -0.2) is 11.1 Å². The number of benzene rings is 1. The zero-order valence-corrected chi connectivity index (χ0v) is 9.43. The van der Waals surface area contributed by atoms with Crippen LogP contribution >= 0.6 is 0 Å². The van der Waals surface area contributed by atoms with Crippen LogP contribution in [0.15, 0.2) is 35.1 Å². The first-order chi connectivity index (χ1) is 8.16. The topological polar surface area (TPSA) is 81.2 Å². The smallest absolute Gasteiger partial charge is 0.251 e. The van der Waals surface area contributed by atoms with E-state index in [0.29, 0.717) is 23.5 Å². The van der Waals surface area contributed by atoms with Crippen molar-refractivity contribution in [2.45, 2.75) is 13.5 Å². The number of hydrogen-bond acceptors (Lipinski definition) is 4. The van der Waals surface area contributed by atoms with Gasteiger partial charge in [-0.05, 0) is 30.7 Å². The fraction of sp³-hybridized carbons (Fsp3) is 0.167. The van der Waals surface area contributed by atoms with Gasteiger partial charge in [0.25, 0.3) is 5.91 Å². The van der Waals surface area contributed by atoms with E-state index in [2.05, 4.69) is 15.0 Å². The third-order valence-corrected chi connectivity index (χ3v) is 2.42. The van der Waals surface area contributed by atoms with Crippen molar-refractivity contribution in [3.63, 3.8) is 0 Å². The molecule has 1 aromatic carbocycles. The predicted octanol–water partition coefficient (Wildman–Crippen LogP) is 1.50. The predicted molar refractivity (Wildman–Crippen MR) is 63.3 cm³/mol. The number of aromatic nitrogens is 1. The molecule has 2 aromatic rings. The van der Waals surface area contributed by atoms with Crippen molar-refractivity contribution in [2.24, 2.45) is 0 Å². The van der Waals surface area contributed by atoms with E-state index in [1.165, 1.54) is 6.26 Å². The summed E-state index contributed by atoms with van der Waals surface area (Å²) in [7, 11) is 0. The highest BCUT2D eigenvalue weighted by atomic mass is 16.5. The minimum Gasteiger partial charge on any atom is -0.399 e. The van der Waals surface area contributed by atoms with Crippen LogP contribution in [0.4, 0.5) is 5.69 Å². The molecular formula is C12H13N3O2. The Hall–Kier alpha value is -2.30. The van der Waals surface area contributed by atoms with Gasteiger partial charge in [0.1, 0.15) is 12.0 Å².